The number of amides is 1. The van der Waals surface area contributed by atoms with Gasteiger partial charge in [-0.05, 0) is 44.2 Å². The van der Waals surface area contributed by atoms with Gasteiger partial charge in [-0.15, -0.1) is 0 Å². The number of hydrogen-bond donors (Lipinski definition) is 1. The smallest absolute Gasteiger partial charge is 0.407 e. The Hall–Kier alpha value is -1.60. The molecular weight excluding hydrogens is 330 g/mol. The maximum absolute atomic E-state index is 12.0. The lowest BCUT2D eigenvalue weighted by molar-refractivity contribution is 0.122. The minimum atomic E-state index is -3.67. The van der Waals surface area contributed by atoms with Gasteiger partial charge in [-0.25, -0.2) is 4.79 Å². The summed E-state index contributed by atoms with van der Waals surface area (Å²) in [7, 11) is -3.67. The molecule has 0 bridgehead atoms. The molecule has 1 aromatic carbocycles. The van der Waals surface area contributed by atoms with E-state index in [2.05, 4.69) is 0 Å². The number of carbonyl (C=O) groups is 1. The molecule has 1 N–H and O–H groups in total. The van der Waals surface area contributed by atoms with E-state index in [1.165, 1.54) is 4.90 Å². The number of nitrogens with zero attached hydrogens (tertiary/aromatic N) is 1. The summed E-state index contributed by atoms with van der Waals surface area (Å²) < 4.78 is 29.1. The molecule has 1 saturated heterocycles. The number of unbranched alkanes of at least 4 members (excludes halogenated alkanes) is 1. The molecular formula is C17H25NO5S. The fraction of sp³-hybridized carbons (Fsp3) is 0.588. The standard InChI is InChI=1S/C17H25NO5S/c1-14-5-7-16(8-6-14)24(21,22)23-13-3-2-4-15-9-11-18(12-10-15)17(19)20/h5-8,15H,2-4,9-13H2,1H3,(H,19,20). The first-order valence-electron chi connectivity index (χ1n) is 8.32. The molecule has 1 aromatic rings. The second-order valence-electron chi connectivity index (χ2n) is 6.30. The van der Waals surface area contributed by atoms with E-state index in [-0.39, 0.29) is 11.5 Å². The van der Waals surface area contributed by atoms with Crippen molar-refractivity contribution in [3.8, 4) is 0 Å². The van der Waals surface area contributed by atoms with Gasteiger partial charge in [-0.1, -0.05) is 30.5 Å². The minimum absolute atomic E-state index is 0.185. The lowest BCUT2D eigenvalue weighted by Gasteiger charge is -2.29. The Morgan fingerprint density at radius 3 is 2.42 bits per heavy atom. The third kappa shape index (κ3) is 5.49. The van der Waals surface area contributed by atoms with E-state index < -0.39 is 16.2 Å². The average Bonchev–Trinajstić information content (AvgIpc) is 2.55. The van der Waals surface area contributed by atoms with Crippen LogP contribution in [0, 0.1) is 12.8 Å². The van der Waals surface area contributed by atoms with E-state index >= 15 is 0 Å². The van der Waals surface area contributed by atoms with E-state index in [1.54, 1.807) is 24.3 Å². The molecule has 0 aliphatic carbocycles. The quantitative estimate of drug-likeness (QED) is 0.599. The molecule has 0 unspecified atom stereocenters. The Bertz CT molecular complexity index is 633. The third-order valence-corrected chi connectivity index (χ3v) is 5.77. The van der Waals surface area contributed by atoms with Gasteiger partial charge >= 0.3 is 6.09 Å². The molecule has 24 heavy (non-hydrogen) atoms. The SMILES string of the molecule is Cc1ccc(S(=O)(=O)OCCCCC2CCN(C(=O)O)CC2)cc1. The first-order chi connectivity index (χ1) is 11.4. The van der Waals surface area contributed by atoms with Crippen LogP contribution < -0.4 is 0 Å². The van der Waals surface area contributed by atoms with Crippen LogP contribution in [-0.4, -0.2) is 44.2 Å². The fourth-order valence-corrected chi connectivity index (χ4v) is 3.83. The van der Waals surface area contributed by atoms with Crippen LogP contribution in [0.15, 0.2) is 29.2 Å². The van der Waals surface area contributed by atoms with Gasteiger partial charge in [0.25, 0.3) is 10.1 Å². The van der Waals surface area contributed by atoms with Crippen LogP contribution in [0.5, 0.6) is 0 Å². The summed E-state index contributed by atoms with van der Waals surface area (Å²) in [5.41, 5.74) is 1.00. The number of hydrogen-bond acceptors (Lipinski definition) is 4. The van der Waals surface area contributed by atoms with Crippen molar-refractivity contribution in [1.82, 2.24) is 4.90 Å². The van der Waals surface area contributed by atoms with Crippen LogP contribution in [0.4, 0.5) is 4.79 Å². The molecule has 0 spiro atoms. The van der Waals surface area contributed by atoms with Crippen LogP contribution >= 0.6 is 0 Å². The van der Waals surface area contributed by atoms with E-state index in [1.807, 2.05) is 6.92 Å². The van der Waals surface area contributed by atoms with Crippen LogP contribution in [0.1, 0.15) is 37.7 Å². The number of benzene rings is 1. The lowest BCUT2D eigenvalue weighted by atomic mass is 9.92. The van der Waals surface area contributed by atoms with Crippen molar-refractivity contribution in [2.45, 2.75) is 43.9 Å². The van der Waals surface area contributed by atoms with Gasteiger partial charge in [0.2, 0.25) is 0 Å². The van der Waals surface area contributed by atoms with E-state index in [0.717, 1.165) is 31.2 Å². The molecule has 1 aliphatic heterocycles. The highest BCUT2D eigenvalue weighted by Crippen LogP contribution is 2.23. The van der Waals surface area contributed by atoms with Crippen LogP contribution in [0.2, 0.25) is 0 Å². The molecule has 0 radical (unpaired) electrons. The Morgan fingerprint density at radius 2 is 1.83 bits per heavy atom. The van der Waals surface area contributed by atoms with Gasteiger partial charge in [-0.2, -0.15) is 8.42 Å². The van der Waals surface area contributed by atoms with Crippen LogP contribution in [-0.2, 0) is 14.3 Å². The van der Waals surface area contributed by atoms with Crippen LogP contribution in [0.3, 0.4) is 0 Å². The second kappa shape index (κ2) is 8.48. The molecule has 2 rings (SSSR count). The van der Waals surface area contributed by atoms with Gasteiger partial charge in [0.1, 0.15) is 0 Å². The highest BCUT2D eigenvalue weighted by atomic mass is 32.2. The van der Waals surface area contributed by atoms with Crippen molar-refractivity contribution in [1.29, 1.82) is 0 Å². The maximum atomic E-state index is 12.0. The largest absolute Gasteiger partial charge is 0.465 e. The zero-order chi connectivity index (χ0) is 17.6. The summed E-state index contributed by atoms with van der Waals surface area (Å²) in [5.74, 6) is 0.523. The first-order valence-corrected chi connectivity index (χ1v) is 9.73. The highest BCUT2D eigenvalue weighted by Gasteiger charge is 2.22. The molecule has 0 atom stereocenters. The molecule has 1 fully saturated rings. The van der Waals surface area contributed by atoms with Gasteiger partial charge in [0.15, 0.2) is 0 Å². The molecule has 134 valence electrons. The summed E-state index contributed by atoms with van der Waals surface area (Å²) in [6.07, 6.45) is 3.49. The van der Waals surface area contributed by atoms with Crippen molar-refractivity contribution in [2.24, 2.45) is 5.92 Å². The summed E-state index contributed by atoms with van der Waals surface area (Å²) in [6, 6.07) is 6.61. The lowest BCUT2D eigenvalue weighted by Crippen LogP contribution is -2.37. The Labute approximate surface area is 143 Å². The molecule has 0 aromatic heterocycles. The molecule has 7 heteroatoms. The van der Waals surface area contributed by atoms with Gasteiger partial charge in [-0.3, -0.25) is 4.18 Å². The normalized spacial score (nSPS) is 16.3. The number of carboxylic acid groups (broad SMARTS) is 1. The average molecular weight is 355 g/mol. The fourth-order valence-electron chi connectivity index (χ4n) is 2.89. The van der Waals surface area contributed by atoms with Gasteiger partial charge in [0, 0.05) is 13.1 Å². The summed E-state index contributed by atoms with van der Waals surface area (Å²) in [5, 5.41) is 8.91. The predicted octanol–water partition coefficient (Wildman–Crippen LogP) is 3.26. The third-order valence-electron chi connectivity index (χ3n) is 4.44. The Balaban J connectivity index is 1.65. The molecule has 1 heterocycles. The van der Waals surface area contributed by atoms with E-state index in [9.17, 15) is 13.2 Å². The number of piperidine rings is 1. The molecule has 0 saturated carbocycles. The van der Waals surface area contributed by atoms with Gasteiger partial charge in [0.05, 0.1) is 11.5 Å². The minimum Gasteiger partial charge on any atom is -0.465 e. The Kier molecular flexibility index (Phi) is 6.62. The highest BCUT2D eigenvalue weighted by molar-refractivity contribution is 7.86. The van der Waals surface area contributed by atoms with Crippen molar-refractivity contribution in [2.75, 3.05) is 19.7 Å². The van der Waals surface area contributed by atoms with Crippen molar-refractivity contribution in [3.63, 3.8) is 0 Å². The zero-order valence-corrected chi connectivity index (χ0v) is 14.8. The van der Waals surface area contributed by atoms with Crippen LogP contribution in [0.25, 0.3) is 0 Å². The monoisotopic (exact) mass is 355 g/mol. The van der Waals surface area contributed by atoms with Crippen molar-refractivity contribution >= 4 is 16.2 Å². The molecule has 1 amide bonds. The van der Waals surface area contributed by atoms with Gasteiger partial charge < -0.3 is 10.0 Å². The van der Waals surface area contributed by atoms with Crippen molar-refractivity contribution in [3.05, 3.63) is 29.8 Å². The summed E-state index contributed by atoms with van der Waals surface area (Å²) in [6.45, 7) is 3.28. The summed E-state index contributed by atoms with van der Waals surface area (Å²) in [4.78, 5) is 12.5. The number of aryl methyl sites for hydroxylation is 1. The molecule has 1 aliphatic rings. The maximum Gasteiger partial charge on any atom is 0.407 e. The number of likely N-dealkylation sites (tertiary alicyclic amines) is 1. The number of rotatable bonds is 7. The van der Waals surface area contributed by atoms with E-state index in [4.69, 9.17) is 9.29 Å². The molecule has 6 nitrogen and oxygen atoms in total. The van der Waals surface area contributed by atoms with E-state index in [0.29, 0.717) is 25.4 Å². The summed E-state index contributed by atoms with van der Waals surface area (Å²) >= 11 is 0. The zero-order valence-electron chi connectivity index (χ0n) is 14.0. The first kappa shape index (κ1) is 18.7. The second-order valence-corrected chi connectivity index (χ2v) is 7.91. The Morgan fingerprint density at radius 1 is 1.21 bits per heavy atom. The topological polar surface area (TPSA) is 83.9 Å². The predicted molar refractivity (Wildman–Crippen MR) is 90.5 cm³/mol. The van der Waals surface area contributed by atoms with Crippen molar-refractivity contribution < 1.29 is 22.5 Å².